The first-order valence-electron chi connectivity index (χ1n) is 13.9. The molecule has 1 N–H and O–H groups in total. The van der Waals surface area contributed by atoms with Crippen molar-refractivity contribution >= 4 is 17.5 Å². The standard InChI is InChI=1S/C30H37NO10/c32-22-4-7-24(8-5-22)40-18-16-38-14-12-36-10-11-37-13-15-39-17-19-41-29-3-1-2-25-26(29)21-31(30(25)35)27-9-6-23(33)20-28(27)34/h1-5,7-8,27,32H,6,9-21H2. The van der Waals surface area contributed by atoms with Crippen LogP contribution >= 0.6 is 0 Å². The summed E-state index contributed by atoms with van der Waals surface area (Å²) < 4.78 is 33.4. The molecule has 11 heteroatoms. The van der Waals surface area contributed by atoms with Crippen molar-refractivity contribution in [2.45, 2.75) is 31.8 Å². The van der Waals surface area contributed by atoms with E-state index in [0.29, 0.717) is 103 Å². The topological polar surface area (TPSA) is 130 Å². The van der Waals surface area contributed by atoms with E-state index >= 15 is 0 Å². The quantitative estimate of drug-likeness (QED) is 0.210. The molecule has 1 amide bonds. The fraction of sp³-hybridized carbons (Fsp3) is 0.500. The number of Topliss-reactive ketones (excluding diaryl/α,β-unsaturated/α-hetero) is 2. The van der Waals surface area contributed by atoms with Gasteiger partial charge in [0.2, 0.25) is 0 Å². The molecule has 1 heterocycles. The summed E-state index contributed by atoms with van der Waals surface area (Å²) in [4.78, 5) is 38.4. The van der Waals surface area contributed by atoms with E-state index in [1.807, 2.05) is 6.07 Å². The highest BCUT2D eigenvalue weighted by Crippen LogP contribution is 2.34. The van der Waals surface area contributed by atoms with Gasteiger partial charge in [-0.1, -0.05) is 6.07 Å². The lowest BCUT2D eigenvalue weighted by molar-refractivity contribution is -0.133. The molecular weight excluding hydrogens is 534 g/mol. The maximum Gasteiger partial charge on any atom is 0.255 e. The molecule has 1 atom stereocenters. The summed E-state index contributed by atoms with van der Waals surface area (Å²) >= 11 is 0. The Morgan fingerprint density at radius 2 is 1.32 bits per heavy atom. The van der Waals surface area contributed by atoms with Crippen LogP contribution in [-0.4, -0.2) is 99.6 Å². The number of nitrogens with zero attached hydrogens (tertiary/aromatic N) is 1. The molecule has 0 aromatic heterocycles. The second kappa shape index (κ2) is 16.1. The number of benzene rings is 2. The van der Waals surface area contributed by atoms with Gasteiger partial charge in [0.1, 0.15) is 36.2 Å². The molecule has 0 bridgehead atoms. The summed E-state index contributed by atoms with van der Waals surface area (Å²) in [5.74, 6) is 1.03. The van der Waals surface area contributed by atoms with Gasteiger partial charge < -0.3 is 38.4 Å². The number of hydrogen-bond acceptors (Lipinski definition) is 10. The van der Waals surface area contributed by atoms with Crippen LogP contribution in [0.25, 0.3) is 0 Å². The highest BCUT2D eigenvalue weighted by molar-refractivity contribution is 6.07. The molecule has 2 aromatic carbocycles. The number of fused-ring (bicyclic) bond motifs is 1. The van der Waals surface area contributed by atoms with E-state index in [1.165, 1.54) is 0 Å². The first-order valence-corrected chi connectivity index (χ1v) is 13.9. The molecule has 11 nitrogen and oxygen atoms in total. The molecule has 0 radical (unpaired) electrons. The largest absolute Gasteiger partial charge is 0.508 e. The number of ether oxygens (including phenoxy) is 6. The lowest BCUT2D eigenvalue weighted by Crippen LogP contribution is -2.44. The number of aromatic hydroxyl groups is 1. The van der Waals surface area contributed by atoms with Crippen LogP contribution in [0.2, 0.25) is 0 Å². The summed E-state index contributed by atoms with van der Waals surface area (Å²) in [6, 6.07) is 11.3. The number of hydrogen-bond donors (Lipinski definition) is 1. The Morgan fingerprint density at radius 3 is 1.93 bits per heavy atom. The van der Waals surface area contributed by atoms with Crippen LogP contribution in [0.1, 0.15) is 35.2 Å². The van der Waals surface area contributed by atoms with Crippen LogP contribution in [-0.2, 0) is 35.1 Å². The number of phenols is 1. The van der Waals surface area contributed by atoms with E-state index in [1.54, 1.807) is 41.3 Å². The van der Waals surface area contributed by atoms with Gasteiger partial charge in [-0.2, -0.15) is 0 Å². The van der Waals surface area contributed by atoms with Gasteiger partial charge in [0, 0.05) is 17.5 Å². The summed E-state index contributed by atoms with van der Waals surface area (Å²) in [5.41, 5.74) is 1.30. The van der Waals surface area contributed by atoms with Gasteiger partial charge in [-0.25, -0.2) is 0 Å². The lowest BCUT2D eigenvalue weighted by atomic mass is 9.92. The third-order valence-electron chi connectivity index (χ3n) is 6.70. The molecule has 4 rings (SSSR count). The van der Waals surface area contributed by atoms with Crippen LogP contribution in [0.5, 0.6) is 17.2 Å². The van der Waals surface area contributed by atoms with Gasteiger partial charge in [0.05, 0.1) is 71.9 Å². The monoisotopic (exact) mass is 571 g/mol. The average molecular weight is 572 g/mol. The third-order valence-corrected chi connectivity index (χ3v) is 6.70. The molecule has 41 heavy (non-hydrogen) atoms. The van der Waals surface area contributed by atoms with Gasteiger partial charge >= 0.3 is 0 Å². The van der Waals surface area contributed by atoms with Crippen molar-refractivity contribution in [1.82, 2.24) is 4.90 Å². The first kappa shape index (κ1) is 30.4. The van der Waals surface area contributed by atoms with Gasteiger partial charge in [0.15, 0.2) is 5.78 Å². The maximum absolute atomic E-state index is 12.9. The Labute approximate surface area is 239 Å². The van der Waals surface area contributed by atoms with Crippen molar-refractivity contribution in [1.29, 1.82) is 0 Å². The third kappa shape index (κ3) is 9.25. The number of ketones is 2. The molecule has 1 saturated carbocycles. The summed E-state index contributed by atoms with van der Waals surface area (Å²) in [6.45, 7) is 4.48. The second-order valence-electron chi connectivity index (χ2n) is 9.59. The molecule has 1 aliphatic heterocycles. The number of phenolic OH excluding ortho intramolecular Hbond substituents is 1. The Morgan fingerprint density at radius 1 is 0.732 bits per heavy atom. The zero-order chi connectivity index (χ0) is 28.9. The van der Waals surface area contributed by atoms with E-state index < -0.39 is 6.04 Å². The smallest absolute Gasteiger partial charge is 0.255 e. The number of carbonyl (C=O) groups is 3. The summed E-state index contributed by atoms with van der Waals surface area (Å²) in [5, 5.41) is 9.24. The number of rotatable bonds is 18. The van der Waals surface area contributed by atoms with Crippen molar-refractivity contribution < 1.29 is 47.9 Å². The molecule has 0 saturated heterocycles. The zero-order valence-corrected chi connectivity index (χ0v) is 23.1. The fourth-order valence-electron chi connectivity index (χ4n) is 4.63. The minimum absolute atomic E-state index is 0.0642. The van der Waals surface area contributed by atoms with Crippen LogP contribution in [0, 0.1) is 0 Å². The molecule has 2 aromatic rings. The van der Waals surface area contributed by atoms with Crippen LogP contribution in [0.15, 0.2) is 42.5 Å². The predicted molar refractivity (Wildman–Crippen MR) is 146 cm³/mol. The van der Waals surface area contributed by atoms with Gasteiger partial charge in [-0.05, 0) is 42.8 Å². The summed E-state index contributed by atoms with van der Waals surface area (Å²) in [6.07, 6.45) is 0.603. The van der Waals surface area contributed by atoms with E-state index in [2.05, 4.69) is 0 Å². The minimum atomic E-state index is -0.550. The van der Waals surface area contributed by atoms with E-state index in [4.69, 9.17) is 28.4 Å². The highest BCUT2D eigenvalue weighted by Gasteiger charge is 2.39. The Kier molecular flexibility index (Phi) is 11.9. The van der Waals surface area contributed by atoms with Crippen molar-refractivity contribution in [3.63, 3.8) is 0 Å². The zero-order valence-electron chi connectivity index (χ0n) is 23.1. The molecule has 1 fully saturated rings. The van der Waals surface area contributed by atoms with Crippen molar-refractivity contribution in [2.75, 3.05) is 66.1 Å². The van der Waals surface area contributed by atoms with Crippen LogP contribution < -0.4 is 9.47 Å². The molecule has 0 spiro atoms. The predicted octanol–water partition coefficient (Wildman–Crippen LogP) is 2.56. The van der Waals surface area contributed by atoms with Gasteiger partial charge in [-0.3, -0.25) is 14.4 Å². The molecule has 2 aliphatic rings. The maximum atomic E-state index is 12.9. The van der Waals surface area contributed by atoms with Crippen molar-refractivity contribution in [3.05, 3.63) is 53.6 Å². The number of carbonyl (C=O) groups excluding carboxylic acids is 3. The molecule has 222 valence electrons. The van der Waals surface area contributed by atoms with E-state index in [0.717, 1.165) is 5.56 Å². The number of amides is 1. The lowest BCUT2D eigenvalue weighted by Gasteiger charge is -2.29. The summed E-state index contributed by atoms with van der Waals surface area (Å²) in [7, 11) is 0. The fourth-order valence-corrected chi connectivity index (χ4v) is 4.63. The van der Waals surface area contributed by atoms with Crippen LogP contribution in [0.4, 0.5) is 0 Å². The minimum Gasteiger partial charge on any atom is -0.508 e. The van der Waals surface area contributed by atoms with Gasteiger partial charge in [0.25, 0.3) is 5.91 Å². The first-order chi connectivity index (χ1) is 20.0. The Hall–Kier alpha value is -3.51. The Bertz CT molecular complexity index is 1150. The van der Waals surface area contributed by atoms with E-state index in [9.17, 15) is 19.5 Å². The SMILES string of the molecule is O=C1CCC(N2Cc3c(OCCOCCOCCOCCOCCOc4ccc(O)cc4)cccc3C2=O)C(=O)C1. The van der Waals surface area contributed by atoms with Crippen LogP contribution in [0.3, 0.4) is 0 Å². The Balaban J connectivity index is 0.985. The molecule has 1 unspecified atom stereocenters. The molecule has 1 aliphatic carbocycles. The van der Waals surface area contributed by atoms with Crippen molar-refractivity contribution in [2.24, 2.45) is 0 Å². The highest BCUT2D eigenvalue weighted by atomic mass is 16.6. The van der Waals surface area contributed by atoms with E-state index in [-0.39, 0.29) is 29.6 Å². The molecular formula is C30H37NO10. The second-order valence-corrected chi connectivity index (χ2v) is 9.59. The normalized spacial score (nSPS) is 16.7. The van der Waals surface area contributed by atoms with Crippen molar-refractivity contribution in [3.8, 4) is 17.2 Å². The average Bonchev–Trinajstić information content (AvgIpc) is 3.30. The van der Waals surface area contributed by atoms with Gasteiger partial charge in [-0.15, -0.1) is 0 Å².